The number of hydrogen-bond acceptors (Lipinski definition) is 5. The van der Waals surface area contributed by atoms with Gasteiger partial charge in [-0.3, -0.25) is 9.20 Å². The number of imidazole rings is 1. The van der Waals surface area contributed by atoms with Crippen LogP contribution in [0.5, 0.6) is 0 Å². The van der Waals surface area contributed by atoms with E-state index in [1.165, 1.54) is 12.1 Å². The van der Waals surface area contributed by atoms with Gasteiger partial charge in [-0.25, -0.2) is 9.37 Å². The smallest absolute Gasteiger partial charge is 0.251 e. The summed E-state index contributed by atoms with van der Waals surface area (Å²) >= 11 is 1.64. The number of anilines is 2. The van der Waals surface area contributed by atoms with Crippen LogP contribution in [-0.2, 0) is 9.53 Å². The van der Waals surface area contributed by atoms with Crippen molar-refractivity contribution >= 4 is 33.7 Å². The van der Waals surface area contributed by atoms with Crippen molar-refractivity contribution < 1.29 is 13.9 Å². The average molecular weight is 429 g/mol. The Kier molecular flexibility index (Phi) is 5.43. The number of hydrogen-bond donors (Lipinski definition) is 1. The zero-order chi connectivity index (χ0) is 20.5. The summed E-state index contributed by atoms with van der Waals surface area (Å²) in [7, 11) is 0. The average Bonchev–Trinajstić information content (AvgIpc) is 3.38. The SMILES string of the molecule is O=C([C@@H]1CCCCO1)N1CCC[C@H](c2nc(Nc3cccc(F)c3)n3ccsc23)C1. The van der Waals surface area contributed by atoms with Crippen molar-refractivity contribution in [2.45, 2.75) is 44.1 Å². The molecule has 2 saturated heterocycles. The van der Waals surface area contributed by atoms with Crippen molar-refractivity contribution in [3.63, 3.8) is 0 Å². The van der Waals surface area contributed by atoms with Crippen molar-refractivity contribution in [2.24, 2.45) is 0 Å². The Bertz CT molecular complexity index is 1040. The van der Waals surface area contributed by atoms with Crippen LogP contribution in [0.1, 0.15) is 43.7 Å². The molecule has 6 nitrogen and oxygen atoms in total. The molecule has 2 aliphatic rings. The normalized spacial score (nSPS) is 22.4. The van der Waals surface area contributed by atoms with Gasteiger partial charge in [-0.1, -0.05) is 6.07 Å². The molecule has 158 valence electrons. The maximum Gasteiger partial charge on any atom is 0.251 e. The number of ether oxygens (including phenoxy) is 1. The maximum atomic E-state index is 13.6. The molecule has 30 heavy (non-hydrogen) atoms. The summed E-state index contributed by atoms with van der Waals surface area (Å²) in [5.74, 6) is 0.692. The number of carbonyl (C=O) groups excluding carboxylic acids is 1. The van der Waals surface area contributed by atoms with E-state index in [-0.39, 0.29) is 23.7 Å². The lowest BCUT2D eigenvalue weighted by Crippen LogP contribution is -2.46. The lowest BCUT2D eigenvalue weighted by molar-refractivity contribution is -0.147. The molecule has 2 aromatic heterocycles. The molecule has 2 aliphatic heterocycles. The van der Waals surface area contributed by atoms with Crippen LogP contribution in [0.2, 0.25) is 0 Å². The lowest BCUT2D eigenvalue weighted by atomic mass is 9.94. The summed E-state index contributed by atoms with van der Waals surface area (Å²) in [5, 5.41) is 5.26. The number of rotatable bonds is 4. The predicted molar refractivity (Wildman–Crippen MR) is 115 cm³/mol. The fourth-order valence-corrected chi connectivity index (χ4v) is 5.34. The van der Waals surface area contributed by atoms with Crippen LogP contribution in [-0.4, -0.2) is 46.0 Å². The number of fused-ring (bicyclic) bond motifs is 1. The molecule has 0 aliphatic carbocycles. The molecule has 8 heteroatoms. The second-order valence-electron chi connectivity index (χ2n) is 8.01. The van der Waals surface area contributed by atoms with Gasteiger partial charge in [0.1, 0.15) is 16.8 Å². The molecule has 0 radical (unpaired) electrons. The van der Waals surface area contributed by atoms with Gasteiger partial charge in [0.15, 0.2) is 0 Å². The van der Waals surface area contributed by atoms with Gasteiger partial charge in [-0.2, -0.15) is 0 Å². The number of thiazole rings is 1. The topological polar surface area (TPSA) is 58.9 Å². The number of piperidine rings is 1. The van der Waals surface area contributed by atoms with E-state index in [1.807, 2.05) is 26.9 Å². The molecule has 5 rings (SSSR count). The number of likely N-dealkylation sites (tertiary alicyclic amines) is 1. The zero-order valence-corrected chi connectivity index (χ0v) is 17.5. The maximum absolute atomic E-state index is 13.6. The molecule has 2 fully saturated rings. The highest BCUT2D eigenvalue weighted by atomic mass is 32.1. The first kappa shape index (κ1) is 19.5. The molecule has 0 bridgehead atoms. The van der Waals surface area contributed by atoms with Gasteiger partial charge >= 0.3 is 0 Å². The summed E-state index contributed by atoms with van der Waals surface area (Å²) in [6, 6.07) is 6.38. The Morgan fingerprint density at radius 1 is 1.27 bits per heavy atom. The minimum Gasteiger partial charge on any atom is -0.368 e. The van der Waals surface area contributed by atoms with Crippen molar-refractivity contribution in [2.75, 3.05) is 25.0 Å². The molecule has 1 aromatic carbocycles. The number of amides is 1. The van der Waals surface area contributed by atoms with E-state index in [4.69, 9.17) is 9.72 Å². The van der Waals surface area contributed by atoms with Crippen LogP contribution < -0.4 is 5.32 Å². The first-order valence-electron chi connectivity index (χ1n) is 10.6. The highest BCUT2D eigenvalue weighted by Gasteiger charge is 2.33. The Morgan fingerprint density at radius 2 is 2.20 bits per heavy atom. The van der Waals surface area contributed by atoms with Crippen LogP contribution in [0.25, 0.3) is 4.83 Å². The summed E-state index contributed by atoms with van der Waals surface area (Å²) in [6.45, 7) is 2.13. The van der Waals surface area contributed by atoms with Crippen LogP contribution in [0.4, 0.5) is 16.0 Å². The van der Waals surface area contributed by atoms with E-state index in [2.05, 4.69) is 5.32 Å². The van der Waals surface area contributed by atoms with E-state index in [9.17, 15) is 9.18 Å². The molecule has 0 spiro atoms. The van der Waals surface area contributed by atoms with Gasteiger partial charge in [0.05, 0.1) is 5.69 Å². The predicted octanol–water partition coefficient (Wildman–Crippen LogP) is 4.55. The summed E-state index contributed by atoms with van der Waals surface area (Å²) in [4.78, 5) is 20.9. The number of nitrogens with zero attached hydrogens (tertiary/aromatic N) is 3. The van der Waals surface area contributed by atoms with Crippen molar-refractivity contribution in [3.8, 4) is 0 Å². The molecule has 0 saturated carbocycles. The minimum atomic E-state index is -0.287. The highest BCUT2D eigenvalue weighted by molar-refractivity contribution is 7.15. The van der Waals surface area contributed by atoms with Crippen LogP contribution >= 0.6 is 11.3 Å². The Balaban J connectivity index is 1.37. The lowest BCUT2D eigenvalue weighted by Gasteiger charge is -2.35. The number of benzene rings is 1. The molecular weight excluding hydrogens is 403 g/mol. The Labute approximate surface area is 178 Å². The first-order valence-corrected chi connectivity index (χ1v) is 11.5. The third kappa shape index (κ3) is 3.81. The van der Waals surface area contributed by atoms with Gasteiger partial charge in [-0.05, 0) is 50.3 Å². The summed E-state index contributed by atoms with van der Waals surface area (Å²) in [5.41, 5.74) is 1.67. The first-order chi connectivity index (χ1) is 14.7. The van der Waals surface area contributed by atoms with Gasteiger partial charge in [0.2, 0.25) is 5.95 Å². The third-order valence-corrected chi connectivity index (χ3v) is 6.82. The molecule has 1 N–H and O–H groups in total. The number of carbonyl (C=O) groups is 1. The van der Waals surface area contributed by atoms with E-state index in [0.29, 0.717) is 24.8 Å². The highest BCUT2D eigenvalue weighted by Crippen LogP contribution is 2.34. The van der Waals surface area contributed by atoms with Gasteiger partial charge in [-0.15, -0.1) is 11.3 Å². The molecule has 0 unspecified atom stereocenters. The van der Waals surface area contributed by atoms with Gasteiger partial charge in [0, 0.05) is 42.9 Å². The molecular formula is C22H25FN4O2S. The second-order valence-corrected chi connectivity index (χ2v) is 8.91. The quantitative estimate of drug-likeness (QED) is 0.662. The van der Waals surface area contributed by atoms with Crippen LogP contribution in [0.15, 0.2) is 35.8 Å². The Morgan fingerprint density at radius 3 is 3.03 bits per heavy atom. The standard InChI is InChI=1S/C22H25FN4O2S/c23-16-6-3-7-17(13-16)24-22-25-19(21-27(22)10-12-30-21)15-5-4-9-26(14-15)20(28)18-8-1-2-11-29-18/h3,6-7,10,12-13,15,18H,1-2,4-5,8-9,11,14H2,(H,24,25)/t15-,18-/m0/s1. The fourth-order valence-electron chi connectivity index (χ4n) is 4.44. The van der Waals surface area contributed by atoms with E-state index < -0.39 is 0 Å². The zero-order valence-electron chi connectivity index (χ0n) is 16.7. The van der Waals surface area contributed by atoms with Crippen molar-refractivity contribution in [1.29, 1.82) is 0 Å². The van der Waals surface area contributed by atoms with Gasteiger partial charge in [0.25, 0.3) is 5.91 Å². The number of halogens is 1. The van der Waals surface area contributed by atoms with E-state index >= 15 is 0 Å². The fraction of sp³-hybridized carbons (Fsp3) is 0.455. The van der Waals surface area contributed by atoms with E-state index in [1.54, 1.807) is 17.4 Å². The van der Waals surface area contributed by atoms with Crippen LogP contribution in [0.3, 0.4) is 0 Å². The largest absolute Gasteiger partial charge is 0.368 e. The van der Waals surface area contributed by atoms with Crippen molar-refractivity contribution in [1.82, 2.24) is 14.3 Å². The minimum absolute atomic E-state index is 0.124. The summed E-state index contributed by atoms with van der Waals surface area (Å²) in [6.07, 6.45) is 6.56. The van der Waals surface area contributed by atoms with Crippen LogP contribution in [0, 0.1) is 5.82 Å². The monoisotopic (exact) mass is 428 g/mol. The number of aromatic nitrogens is 2. The van der Waals surface area contributed by atoms with Crippen molar-refractivity contribution in [3.05, 3.63) is 47.4 Å². The molecule has 4 heterocycles. The molecule has 1 amide bonds. The summed E-state index contributed by atoms with van der Waals surface area (Å²) < 4.78 is 21.3. The third-order valence-electron chi connectivity index (χ3n) is 5.94. The molecule has 3 aromatic rings. The van der Waals surface area contributed by atoms with Gasteiger partial charge < -0.3 is 15.0 Å². The van der Waals surface area contributed by atoms with E-state index in [0.717, 1.165) is 49.2 Å². The molecule has 2 atom stereocenters. The number of nitrogens with one attached hydrogen (secondary N) is 1. The second kappa shape index (κ2) is 8.35. The Hall–Kier alpha value is -2.45.